The summed E-state index contributed by atoms with van der Waals surface area (Å²) in [6, 6.07) is -0.881. The molecule has 0 aromatic rings. The van der Waals surface area contributed by atoms with E-state index in [1.54, 1.807) is 0 Å². The van der Waals surface area contributed by atoms with E-state index in [9.17, 15) is 4.79 Å². The van der Waals surface area contributed by atoms with Crippen molar-refractivity contribution in [3.05, 3.63) is 12.2 Å². The van der Waals surface area contributed by atoms with Gasteiger partial charge in [-0.25, -0.2) is 0 Å². The summed E-state index contributed by atoms with van der Waals surface area (Å²) in [6.45, 7) is 5.63. The van der Waals surface area contributed by atoms with Crippen LogP contribution in [-0.2, 0) is 4.79 Å². The lowest BCUT2D eigenvalue weighted by molar-refractivity contribution is -0.140. The Hall–Kier alpha value is -0.480. The van der Waals surface area contributed by atoms with Crippen molar-refractivity contribution in [1.29, 1.82) is 0 Å². The maximum Gasteiger partial charge on any atom is 0.321 e. The van der Waals surface area contributed by atoms with Crippen LogP contribution in [0.5, 0.6) is 0 Å². The van der Waals surface area contributed by atoms with E-state index in [4.69, 9.17) is 10.8 Å². The Bertz CT molecular complexity index is 228. The molecule has 3 atom stereocenters. The van der Waals surface area contributed by atoms with Crippen molar-refractivity contribution in [3.8, 4) is 0 Å². The molecule has 0 aliphatic rings. The molecule has 0 bridgehead atoms. The van der Waals surface area contributed by atoms with Gasteiger partial charge in [0, 0.05) is 5.41 Å². The second kappa shape index (κ2) is 5.41. The molecule has 0 aliphatic carbocycles. The van der Waals surface area contributed by atoms with E-state index in [2.05, 4.69) is 12.6 Å². The van der Waals surface area contributed by atoms with Gasteiger partial charge in [0.2, 0.25) is 0 Å². The molecule has 0 fully saturated rings. The van der Waals surface area contributed by atoms with Crippen LogP contribution in [0, 0.1) is 5.41 Å². The number of thiol groups is 1. The Labute approximate surface area is 90.8 Å². The topological polar surface area (TPSA) is 63.3 Å². The lowest BCUT2D eigenvalue weighted by atomic mass is 9.78. The van der Waals surface area contributed by atoms with E-state index in [1.165, 1.54) is 0 Å². The van der Waals surface area contributed by atoms with Crippen molar-refractivity contribution in [3.63, 3.8) is 0 Å². The van der Waals surface area contributed by atoms with Crippen LogP contribution in [0.15, 0.2) is 12.2 Å². The molecule has 0 aromatic heterocycles. The van der Waals surface area contributed by atoms with Crippen molar-refractivity contribution in [2.45, 2.75) is 38.5 Å². The third-order valence-corrected chi connectivity index (χ3v) is 2.44. The highest BCUT2D eigenvalue weighted by Crippen LogP contribution is 2.30. The predicted octanol–water partition coefficient (Wildman–Crippen LogP) is 1.69. The number of hydrogen-bond donors (Lipinski definition) is 3. The Kier molecular flexibility index (Phi) is 5.23. The molecule has 0 rings (SSSR count). The molecule has 82 valence electrons. The number of allylic oxidation sites excluding steroid dienone is 1. The SMILES string of the molecule is CC=CC(C)(CC(C)S)C(N)C(=O)O. The first-order chi connectivity index (χ1) is 6.33. The van der Waals surface area contributed by atoms with Crippen LogP contribution in [0.3, 0.4) is 0 Å². The van der Waals surface area contributed by atoms with Crippen LogP contribution in [-0.4, -0.2) is 22.4 Å². The monoisotopic (exact) mass is 217 g/mol. The zero-order valence-electron chi connectivity index (χ0n) is 8.90. The molecule has 3 N–H and O–H groups in total. The normalized spacial score (nSPS) is 20.4. The summed E-state index contributed by atoms with van der Waals surface area (Å²) >= 11 is 4.26. The molecule has 3 unspecified atom stereocenters. The van der Waals surface area contributed by atoms with Gasteiger partial charge in [-0.15, -0.1) is 0 Å². The lowest BCUT2D eigenvalue weighted by Crippen LogP contribution is -2.45. The van der Waals surface area contributed by atoms with E-state index in [0.717, 1.165) is 0 Å². The molecular formula is C10H19NO2S. The van der Waals surface area contributed by atoms with Gasteiger partial charge in [-0.05, 0) is 18.6 Å². The Balaban J connectivity index is 4.79. The Morgan fingerprint density at radius 1 is 1.71 bits per heavy atom. The average molecular weight is 217 g/mol. The van der Waals surface area contributed by atoms with Crippen molar-refractivity contribution in [2.75, 3.05) is 0 Å². The molecule has 0 amide bonds. The molecule has 0 saturated heterocycles. The van der Waals surface area contributed by atoms with Crippen LogP contribution in [0.25, 0.3) is 0 Å². The fraction of sp³-hybridized carbons (Fsp3) is 0.700. The minimum atomic E-state index is -0.973. The van der Waals surface area contributed by atoms with Gasteiger partial charge in [-0.1, -0.05) is 26.0 Å². The third kappa shape index (κ3) is 3.72. The third-order valence-electron chi connectivity index (χ3n) is 2.26. The van der Waals surface area contributed by atoms with E-state index < -0.39 is 17.4 Å². The quantitative estimate of drug-likeness (QED) is 0.485. The molecule has 0 radical (unpaired) electrons. The number of rotatable bonds is 5. The first-order valence-electron chi connectivity index (χ1n) is 4.64. The van der Waals surface area contributed by atoms with Crippen molar-refractivity contribution < 1.29 is 9.90 Å². The highest BCUT2D eigenvalue weighted by atomic mass is 32.1. The molecule has 0 aliphatic heterocycles. The Morgan fingerprint density at radius 3 is 2.50 bits per heavy atom. The summed E-state index contributed by atoms with van der Waals surface area (Å²) in [5, 5.41) is 9.00. The first-order valence-corrected chi connectivity index (χ1v) is 5.15. The van der Waals surface area contributed by atoms with Crippen LogP contribution in [0.2, 0.25) is 0 Å². The summed E-state index contributed by atoms with van der Waals surface area (Å²) in [4.78, 5) is 10.8. The molecule has 0 heterocycles. The number of carboxylic acid groups (broad SMARTS) is 1. The van der Waals surface area contributed by atoms with Gasteiger partial charge >= 0.3 is 5.97 Å². The molecule has 0 spiro atoms. The molecule has 14 heavy (non-hydrogen) atoms. The maximum absolute atomic E-state index is 10.8. The van der Waals surface area contributed by atoms with Gasteiger partial charge in [0.05, 0.1) is 0 Å². The molecule has 0 saturated carbocycles. The van der Waals surface area contributed by atoms with Crippen LogP contribution < -0.4 is 5.73 Å². The fourth-order valence-electron chi connectivity index (χ4n) is 1.60. The number of nitrogens with two attached hydrogens (primary N) is 1. The largest absolute Gasteiger partial charge is 0.480 e. The van der Waals surface area contributed by atoms with Crippen molar-refractivity contribution in [1.82, 2.24) is 0 Å². The second-order valence-electron chi connectivity index (χ2n) is 3.87. The summed E-state index contributed by atoms with van der Waals surface area (Å²) < 4.78 is 0. The van der Waals surface area contributed by atoms with Crippen molar-refractivity contribution >= 4 is 18.6 Å². The maximum atomic E-state index is 10.8. The summed E-state index contributed by atoms with van der Waals surface area (Å²) in [7, 11) is 0. The van der Waals surface area contributed by atoms with E-state index in [-0.39, 0.29) is 5.25 Å². The van der Waals surface area contributed by atoms with Gasteiger partial charge in [-0.3, -0.25) is 4.79 Å². The zero-order chi connectivity index (χ0) is 11.4. The number of carboxylic acids is 1. The zero-order valence-corrected chi connectivity index (χ0v) is 9.79. The first kappa shape index (κ1) is 13.5. The smallest absolute Gasteiger partial charge is 0.321 e. The minimum absolute atomic E-state index is 0.126. The summed E-state index contributed by atoms with van der Waals surface area (Å²) in [5.74, 6) is -0.973. The van der Waals surface area contributed by atoms with Crippen LogP contribution in [0.4, 0.5) is 0 Å². The average Bonchev–Trinajstić information content (AvgIpc) is 2.01. The highest BCUT2D eigenvalue weighted by molar-refractivity contribution is 7.80. The second-order valence-corrected chi connectivity index (χ2v) is 4.76. The Morgan fingerprint density at radius 2 is 2.21 bits per heavy atom. The van der Waals surface area contributed by atoms with Gasteiger partial charge < -0.3 is 10.8 Å². The number of carbonyl (C=O) groups is 1. The van der Waals surface area contributed by atoms with Gasteiger partial charge in [0.25, 0.3) is 0 Å². The molecule has 3 nitrogen and oxygen atoms in total. The molecular weight excluding hydrogens is 198 g/mol. The number of hydrogen-bond acceptors (Lipinski definition) is 3. The van der Waals surface area contributed by atoms with E-state index >= 15 is 0 Å². The molecule has 4 heteroatoms. The van der Waals surface area contributed by atoms with Crippen LogP contribution in [0.1, 0.15) is 27.2 Å². The summed E-state index contributed by atoms with van der Waals surface area (Å²) in [5.41, 5.74) is 5.12. The van der Waals surface area contributed by atoms with Gasteiger partial charge in [0.1, 0.15) is 6.04 Å². The van der Waals surface area contributed by atoms with Gasteiger partial charge in [0.15, 0.2) is 0 Å². The van der Waals surface area contributed by atoms with Gasteiger partial charge in [-0.2, -0.15) is 12.6 Å². The van der Waals surface area contributed by atoms with Crippen LogP contribution >= 0.6 is 12.6 Å². The lowest BCUT2D eigenvalue weighted by Gasteiger charge is -2.31. The van der Waals surface area contributed by atoms with E-state index in [1.807, 2.05) is 32.9 Å². The number of aliphatic carboxylic acids is 1. The minimum Gasteiger partial charge on any atom is -0.480 e. The molecule has 0 aromatic carbocycles. The highest BCUT2D eigenvalue weighted by Gasteiger charge is 2.34. The van der Waals surface area contributed by atoms with Crippen molar-refractivity contribution in [2.24, 2.45) is 11.1 Å². The fourth-order valence-corrected chi connectivity index (χ4v) is 1.99. The standard InChI is InChI=1S/C10H19NO2S/c1-4-5-10(3,6-7(2)14)8(11)9(12)13/h4-5,7-8,14H,6,11H2,1-3H3,(H,12,13). The van der Waals surface area contributed by atoms with E-state index in [0.29, 0.717) is 6.42 Å². The predicted molar refractivity (Wildman–Crippen MR) is 61.6 cm³/mol. The summed E-state index contributed by atoms with van der Waals surface area (Å²) in [6.07, 6.45) is 4.32.